The maximum atomic E-state index is 14.7. The van der Waals surface area contributed by atoms with Crippen molar-refractivity contribution in [3.63, 3.8) is 0 Å². The van der Waals surface area contributed by atoms with Gasteiger partial charge in [0.2, 0.25) is 11.8 Å². The van der Waals surface area contributed by atoms with Crippen LogP contribution in [0.5, 0.6) is 0 Å². The van der Waals surface area contributed by atoms with E-state index >= 15 is 0 Å². The van der Waals surface area contributed by atoms with Gasteiger partial charge in [-0.1, -0.05) is 34.1 Å². The molecule has 0 saturated heterocycles. The highest BCUT2D eigenvalue weighted by Gasteiger charge is 2.20. The molecule has 0 spiro atoms. The summed E-state index contributed by atoms with van der Waals surface area (Å²) in [6, 6.07) is 11.2. The molecule has 5 nitrogen and oxygen atoms in total. The molecule has 1 aromatic heterocycles. The van der Waals surface area contributed by atoms with Gasteiger partial charge < -0.3 is 11.1 Å². The molecule has 29 heavy (non-hydrogen) atoms. The number of aryl methyl sites for hydroxylation is 1. The standard InChI is InChI=1S/C22H17BrFN3O2/c1-13-4-7-17(22(25)29)20(16-8-6-15(23)11-18(16)24)21(13)27-19(28)9-5-14-3-2-10-26-12-14/h2-12H,1H3,(H2,25,29)(H,27,28). The summed E-state index contributed by atoms with van der Waals surface area (Å²) in [7, 11) is 0. The highest BCUT2D eigenvalue weighted by molar-refractivity contribution is 9.10. The highest BCUT2D eigenvalue weighted by atomic mass is 79.9. The van der Waals surface area contributed by atoms with E-state index in [1.54, 1.807) is 49.7 Å². The number of aromatic nitrogens is 1. The second-order valence-corrected chi connectivity index (χ2v) is 7.19. The number of hydrogen-bond donors (Lipinski definition) is 2. The van der Waals surface area contributed by atoms with Gasteiger partial charge in [0.25, 0.3) is 0 Å². The SMILES string of the molecule is Cc1ccc(C(N)=O)c(-c2ccc(Br)cc2F)c1NC(=O)C=Cc1cccnc1. The molecule has 0 aliphatic heterocycles. The van der Waals surface area contributed by atoms with Gasteiger partial charge in [0.05, 0.1) is 5.69 Å². The number of rotatable bonds is 5. The molecule has 0 radical (unpaired) electrons. The Bertz CT molecular complexity index is 1110. The minimum absolute atomic E-state index is 0.114. The number of carbonyl (C=O) groups excluding carboxylic acids is 2. The van der Waals surface area contributed by atoms with E-state index in [0.29, 0.717) is 15.7 Å². The minimum atomic E-state index is -0.719. The van der Waals surface area contributed by atoms with Gasteiger partial charge in [0.15, 0.2) is 0 Å². The number of anilines is 1. The number of hydrogen-bond acceptors (Lipinski definition) is 3. The average Bonchev–Trinajstić information content (AvgIpc) is 2.69. The second-order valence-electron chi connectivity index (χ2n) is 6.28. The predicted molar refractivity (Wildman–Crippen MR) is 115 cm³/mol. The third-order valence-corrected chi connectivity index (χ3v) is 4.73. The lowest BCUT2D eigenvalue weighted by atomic mass is 9.94. The van der Waals surface area contributed by atoms with Crippen molar-refractivity contribution in [2.24, 2.45) is 5.73 Å². The van der Waals surface area contributed by atoms with Gasteiger partial charge in [-0.15, -0.1) is 0 Å². The lowest BCUT2D eigenvalue weighted by molar-refractivity contribution is -0.111. The zero-order valence-corrected chi connectivity index (χ0v) is 17.0. The Labute approximate surface area is 175 Å². The first-order valence-electron chi connectivity index (χ1n) is 8.64. The summed E-state index contributed by atoms with van der Waals surface area (Å²) in [5, 5.41) is 2.75. The monoisotopic (exact) mass is 453 g/mol. The van der Waals surface area contributed by atoms with E-state index in [9.17, 15) is 14.0 Å². The number of benzene rings is 2. The number of pyridine rings is 1. The maximum absolute atomic E-state index is 14.7. The third kappa shape index (κ3) is 4.75. The van der Waals surface area contributed by atoms with Crippen molar-refractivity contribution in [3.8, 4) is 11.1 Å². The van der Waals surface area contributed by atoms with Crippen LogP contribution in [0.15, 0.2) is 65.4 Å². The topological polar surface area (TPSA) is 85.1 Å². The fourth-order valence-electron chi connectivity index (χ4n) is 2.86. The molecule has 3 aromatic rings. The fourth-order valence-corrected chi connectivity index (χ4v) is 3.19. The predicted octanol–water partition coefficient (Wildman–Crippen LogP) is 4.71. The molecule has 0 unspecified atom stereocenters. The van der Waals surface area contributed by atoms with Crippen LogP contribution in [0.25, 0.3) is 17.2 Å². The first-order chi connectivity index (χ1) is 13.9. The van der Waals surface area contributed by atoms with Crippen LogP contribution in [0.2, 0.25) is 0 Å². The number of halogens is 2. The summed E-state index contributed by atoms with van der Waals surface area (Å²) in [6.07, 6.45) is 6.20. The van der Waals surface area contributed by atoms with Crippen LogP contribution >= 0.6 is 15.9 Å². The number of carbonyl (C=O) groups is 2. The Balaban J connectivity index is 2.06. The van der Waals surface area contributed by atoms with Gasteiger partial charge in [-0.05, 0) is 48.4 Å². The van der Waals surface area contributed by atoms with Crippen molar-refractivity contribution in [2.75, 3.05) is 5.32 Å². The molecule has 7 heteroatoms. The van der Waals surface area contributed by atoms with Crippen molar-refractivity contribution in [1.82, 2.24) is 4.98 Å². The summed E-state index contributed by atoms with van der Waals surface area (Å²) in [5.74, 6) is -1.70. The van der Waals surface area contributed by atoms with Crippen LogP contribution < -0.4 is 11.1 Å². The first kappa shape index (κ1) is 20.4. The second kappa shape index (κ2) is 8.79. The molecular weight excluding hydrogens is 437 g/mol. The molecule has 0 atom stereocenters. The van der Waals surface area contributed by atoms with Gasteiger partial charge in [-0.25, -0.2) is 4.39 Å². The van der Waals surface area contributed by atoms with Crippen LogP contribution in [0, 0.1) is 12.7 Å². The lowest BCUT2D eigenvalue weighted by Crippen LogP contribution is -2.16. The molecule has 0 fully saturated rings. The normalized spacial score (nSPS) is 10.9. The first-order valence-corrected chi connectivity index (χ1v) is 9.44. The van der Waals surface area contributed by atoms with Crippen molar-refractivity contribution >= 4 is 39.5 Å². The Morgan fingerprint density at radius 1 is 1.21 bits per heavy atom. The smallest absolute Gasteiger partial charge is 0.249 e. The number of nitrogens with zero attached hydrogens (tertiary/aromatic N) is 1. The number of nitrogens with one attached hydrogen (secondary N) is 1. The molecule has 3 rings (SSSR count). The van der Waals surface area contributed by atoms with Crippen LogP contribution in [-0.2, 0) is 4.79 Å². The van der Waals surface area contributed by atoms with Crippen LogP contribution in [-0.4, -0.2) is 16.8 Å². The molecular formula is C22H17BrFN3O2. The minimum Gasteiger partial charge on any atom is -0.366 e. The third-order valence-electron chi connectivity index (χ3n) is 4.24. The zero-order chi connectivity index (χ0) is 21.0. The zero-order valence-electron chi connectivity index (χ0n) is 15.4. The van der Waals surface area contributed by atoms with Crippen molar-refractivity contribution in [2.45, 2.75) is 6.92 Å². The van der Waals surface area contributed by atoms with E-state index in [0.717, 1.165) is 5.56 Å². The summed E-state index contributed by atoms with van der Waals surface area (Å²) in [6.45, 7) is 1.76. The Kier molecular flexibility index (Phi) is 6.19. The van der Waals surface area contributed by atoms with Crippen molar-refractivity contribution in [3.05, 3.63) is 87.9 Å². The van der Waals surface area contributed by atoms with Gasteiger partial charge in [-0.2, -0.15) is 0 Å². The quantitative estimate of drug-likeness (QED) is 0.548. The Hall–Kier alpha value is -3.32. The fraction of sp³-hybridized carbons (Fsp3) is 0.0455. The molecule has 3 N–H and O–H groups in total. The van der Waals surface area contributed by atoms with Gasteiger partial charge in [-0.3, -0.25) is 14.6 Å². The Morgan fingerprint density at radius 2 is 2.00 bits per heavy atom. The molecule has 1 heterocycles. The summed E-state index contributed by atoms with van der Waals surface area (Å²) in [5.41, 5.74) is 7.77. The van der Waals surface area contributed by atoms with E-state index in [4.69, 9.17) is 5.73 Å². The van der Waals surface area contributed by atoms with Crippen LogP contribution in [0.3, 0.4) is 0 Å². The number of amides is 2. The van der Waals surface area contributed by atoms with E-state index in [-0.39, 0.29) is 16.7 Å². The molecule has 2 amide bonds. The van der Waals surface area contributed by atoms with E-state index < -0.39 is 17.6 Å². The molecule has 0 bridgehead atoms. The summed E-state index contributed by atoms with van der Waals surface area (Å²) < 4.78 is 15.2. The molecule has 0 aliphatic carbocycles. The molecule has 146 valence electrons. The lowest BCUT2D eigenvalue weighted by Gasteiger charge is -2.17. The largest absolute Gasteiger partial charge is 0.366 e. The van der Waals surface area contributed by atoms with E-state index in [2.05, 4.69) is 26.2 Å². The van der Waals surface area contributed by atoms with Crippen molar-refractivity contribution in [1.29, 1.82) is 0 Å². The number of primary amides is 1. The summed E-state index contributed by atoms with van der Waals surface area (Å²) in [4.78, 5) is 28.5. The molecule has 0 saturated carbocycles. The van der Waals surface area contributed by atoms with Crippen LogP contribution in [0.1, 0.15) is 21.5 Å². The maximum Gasteiger partial charge on any atom is 0.249 e. The average molecular weight is 454 g/mol. The Morgan fingerprint density at radius 3 is 2.66 bits per heavy atom. The molecule has 0 aliphatic rings. The van der Waals surface area contributed by atoms with Gasteiger partial charge in [0.1, 0.15) is 5.82 Å². The van der Waals surface area contributed by atoms with Crippen LogP contribution in [0.4, 0.5) is 10.1 Å². The van der Waals surface area contributed by atoms with Gasteiger partial charge >= 0.3 is 0 Å². The summed E-state index contributed by atoms with van der Waals surface area (Å²) >= 11 is 3.22. The number of nitrogens with two attached hydrogens (primary N) is 1. The van der Waals surface area contributed by atoms with Crippen molar-refractivity contribution < 1.29 is 14.0 Å². The highest BCUT2D eigenvalue weighted by Crippen LogP contribution is 2.36. The van der Waals surface area contributed by atoms with Gasteiger partial charge in [0, 0.05) is 39.6 Å². The molecule has 2 aromatic carbocycles. The van der Waals surface area contributed by atoms with E-state index in [1.165, 1.54) is 24.3 Å². The van der Waals surface area contributed by atoms with E-state index in [1.807, 2.05) is 0 Å².